The van der Waals surface area contributed by atoms with Gasteiger partial charge >= 0.3 is 5.97 Å². The Morgan fingerprint density at radius 2 is 2.05 bits per heavy atom. The molecular weight excluding hydrogens is 338 g/mol. The number of likely N-dealkylation sites (tertiary alicyclic amines) is 1. The molecule has 0 atom stereocenters. The van der Waals surface area contributed by atoms with E-state index >= 15 is 0 Å². The maximum absolute atomic E-state index is 12.5. The van der Waals surface area contributed by atoms with Crippen LogP contribution in [0.1, 0.15) is 29.6 Å². The second kappa shape index (κ2) is 6.93. The lowest BCUT2D eigenvalue weighted by atomic mass is 9.93. The number of nitrogens with zero attached hydrogens (tertiary/aromatic N) is 1. The minimum atomic E-state index is -0.769. The van der Waals surface area contributed by atoms with Crippen molar-refractivity contribution in [2.75, 3.05) is 20.2 Å². The Labute approximate surface area is 132 Å². The predicted molar refractivity (Wildman–Crippen MR) is 81.6 cm³/mol. The molecule has 114 valence electrons. The molecule has 0 bridgehead atoms. The van der Waals surface area contributed by atoms with Crippen LogP contribution in [0.2, 0.25) is 0 Å². The van der Waals surface area contributed by atoms with E-state index in [0.717, 1.165) is 17.3 Å². The first-order chi connectivity index (χ1) is 10.0. The van der Waals surface area contributed by atoms with Crippen molar-refractivity contribution in [3.63, 3.8) is 0 Å². The molecule has 0 aliphatic carbocycles. The maximum atomic E-state index is 12.5. The minimum Gasteiger partial charge on any atom is -0.496 e. The van der Waals surface area contributed by atoms with Gasteiger partial charge in [0.25, 0.3) is 5.91 Å². The van der Waals surface area contributed by atoms with Crippen LogP contribution in [0.15, 0.2) is 22.7 Å². The molecule has 1 aliphatic rings. The van der Waals surface area contributed by atoms with Gasteiger partial charge in [-0.15, -0.1) is 0 Å². The van der Waals surface area contributed by atoms with Crippen molar-refractivity contribution in [2.45, 2.75) is 19.3 Å². The Kier molecular flexibility index (Phi) is 5.22. The van der Waals surface area contributed by atoms with Crippen LogP contribution in [0.4, 0.5) is 0 Å². The van der Waals surface area contributed by atoms with Crippen molar-refractivity contribution < 1.29 is 19.4 Å². The van der Waals surface area contributed by atoms with Crippen LogP contribution in [-0.4, -0.2) is 42.1 Å². The topological polar surface area (TPSA) is 66.8 Å². The summed E-state index contributed by atoms with van der Waals surface area (Å²) >= 11 is 3.35. The molecule has 6 heteroatoms. The van der Waals surface area contributed by atoms with Gasteiger partial charge in [-0.1, -0.05) is 15.9 Å². The summed E-state index contributed by atoms with van der Waals surface area (Å²) in [5, 5.41) is 8.81. The number of rotatable bonds is 4. The number of carboxylic acids is 1. The number of benzene rings is 1. The fourth-order valence-electron chi connectivity index (χ4n) is 2.60. The fourth-order valence-corrected chi connectivity index (χ4v) is 2.94. The predicted octanol–water partition coefficient (Wildman–Crippen LogP) is 2.78. The number of aliphatic carboxylic acids is 1. The van der Waals surface area contributed by atoms with Crippen LogP contribution >= 0.6 is 15.9 Å². The number of ether oxygens (including phenoxy) is 1. The van der Waals surface area contributed by atoms with E-state index < -0.39 is 5.97 Å². The van der Waals surface area contributed by atoms with Crippen LogP contribution in [0.25, 0.3) is 0 Å². The lowest BCUT2D eigenvalue weighted by Gasteiger charge is -2.31. The molecule has 1 aromatic carbocycles. The molecule has 1 heterocycles. The monoisotopic (exact) mass is 355 g/mol. The average molecular weight is 356 g/mol. The number of halogens is 1. The van der Waals surface area contributed by atoms with Gasteiger partial charge in [-0.05, 0) is 37.0 Å². The highest BCUT2D eigenvalue weighted by Crippen LogP contribution is 2.27. The lowest BCUT2D eigenvalue weighted by Crippen LogP contribution is -2.39. The third kappa shape index (κ3) is 3.97. The SMILES string of the molecule is COc1cc(Br)ccc1C(=O)N1CCC(CC(=O)O)CC1. The van der Waals surface area contributed by atoms with Gasteiger partial charge < -0.3 is 14.7 Å². The lowest BCUT2D eigenvalue weighted by molar-refractivity contribution is -0.138. The molecule has 0 radical (unpaired) electrons. The third-order valence-corrected chi connectivity index (χ3v) is 4.25. The molecule has 1 fully saturated rings. The molecule has 0 aromatic heterocycles. The second-order valence-corrected chi connectivity index (χ2v) is 6.09. The number of hydrogen-bond acceptors (Lipinski definition) is 3. The van der Waals surface area contributed by atoms with E-state index in [1.54, 1.807) is 17.0 Å². The summed E-state index contributed by atoms with van der Waals surface area (Å²) in [5.41, 5.74) is 0.539. The zero-order valence-electron chi connectivity index (χ0n) is 11.8. The summed E-state index contributed by atoms with van der Waals surface area (Å²) in [6, 6.07) is 5.33. The summed E-state index contributed by atoms with van der Waals surface area (Å²) in [6.45, 7) is 1.19. The van der Waals surface area contributed by atoms with E-state index in [9.17, 15) is 9.59 Å². The van der Waals surface area contributed by atoms with Gasteiger partial charge in [-0.2, -0.15) is 0 Å². The van der Waals surface area contributed by atoms with Gasteiger partial charge in [0.15, 0.2) is 0 Å². The van der Waals surface area contributed by atoms with Crippen molar-refractivity contribution in [2.24, 2.45) is 5.92 Å². The highest BCUT2D eigenvalue weighted by Gasteiger charge is 2.26. The molecule has 1 aromatic rings. The number of carboxylic acid groups (broad SMARTS) is 1. The van der Waals surface area contributed by atoms with E-state index in [1.165, 1.54) is 7.11 Å². The standard InChI is InChI=1S/C15H18BrNO4/c1-21-13-9-11(16)2-3-12(13)15(20)17-6-4-10(5-7-17)8-14(18)19/h2-3,9-10H,4-8H2,1H3,(H,18,19). The van der Waals surface area contributed by atoms with Crippen LogP contribution in [-0.2, 0) is 4.79 Å². The summed E-state index contributed by atoms with van der Waals surface area (Å²) in [4.78, 5) is 25.0. The van der Waals surface area contributed by atoms with Gasteiger partial charge in [0, 0.05) is 24.0 Å². The van der Waals surface area contributed by atoms with Crippen LogP contribution < -0.4 is 4.74 Å². The number of carbonyl (C=O) groups excluding carboxylic acids is 1. The Balaban J connectivity index is 2.03. The molecule has 1 aliphatic heterocycles. The molecular formula is C15H18BrNO4. The largest absolute Gasteiger partial charge is 0.496 e. The first kappa shape index (κ1) is 15.8. The van der Waals surface area contributed by atoms with E-state index in [4.69, 9.17) is 9.84 Å². The number of piperidine rings is 1. The van der Waals surface area contributed by atoms with Crippen molar-refractivity contribution >= 4 is 27.8 Å². The minimum absolute atomic E-state index is 0.0619. The van der Waals surface area contributed by atoms with Crippen molar-refractivity contribution in [3.8, 4) is 5.75 Å². The summed E-state index contributed by atoms with van der Waals surface area (Å²) < 4.78 is 6.11. The van der Waals surface area contributed by atoms with Gasteiger partial charge in [-0.25, -0.2) is 0 Å². The van der Waals surface area contributed by atoms with E-state index in [0.29, 0.717) is 24.4 Å². The van der Waals surface area contributed by atoms with Crippen molar-refractivity contribution in [3.05, 3.63) is 28.2 Å². The molecule has 0 spiro atoms. The Hall–Kier alpha value is -1.56. The zero-order valence-corrected chi connectivity index (χ0v) is 13.4. The third-order valence-electron chi connectivity index (χ3n) is 3.76. The number of hydrogen-bond donors (Lipinski definition) is 1. The van der Waals surface area contributed by atoms with Crippen LogP contribution in [0.5, 0.6) is 5.75 Å². The van der Waals surface area contributed by atoms with E-state index in [-0.39, 0.29) is 18.2 Å². The first-order valence-electron chi connectivity index (χ1n) is 6.86. The van der Waals surface area contributed by atoms with Crippen LogP contribution in [0, 0.1) is 5.92 Å². The summed E-state index contributed by atoms with van der Waals surface area (Å²) in [7, 11) is 1.54. The van der Waals surface area contributed by atoms with E-state index in [1.807, 2.05) is 6.07 Å². The normalized spacial score (nSPS) is 15.8. The Morgan fingerprint density at radius 3 is 2.62 bits per heavy atom. The highest BCUT2D eigenvalue weighted by molar-refractivity contribution is 9.10. The van der Waals surface area contributed by atoms with Crippen molar-refractivity contribution in [1.82, 2.24) is 4.90 Å². The average Bonchev–Trinajstić information content (AvgIpc) is 2.46. The summed E-state index contributed by atoms with van der Waals surface area (Å²) in [5.74, 6) is -0.122. The molecule has 1 amide bonds. The molecule has 5 nitrogen and oxygen atoms in total. The molecule has 0 unspecified atom stereocenters. The summed E-state index contributed by atoms with van der Waals surface area (Å²) in [6.07, 6.45) is 1.65. The molecule has 1 N–H and O–H groups in total. The fraction of sp³-hybridized carbons (Fsp3) is 0.467. The number of carbonyl (C=O) groups is 2. The smallest absolute Gasteiger partial charge is 0.303 e. The number of methoxy groups -OCH3 is 1. The maximum Gasteiger partial charge on any atom is 0.303 e. The van der Waals surface area contributed by atoms with Crippen molar-refractivity contribution in [1.29, 1.82) is 0 Å². The molecule has 1 saturated heterocycles. The van der Waals surface area contributed by atoms with E-state index in [2.05, 4.69) is 15.9 Å². The molecule has 21 heavy (non-hydrogen) atoms. The van der Waals surface area contributed by atoms with Gasteiger partial charge in [0.2, 0.25) is 0 Å². The quantitative estimate of drug-likeness (QED) is 0.901. The zero-order chi connectivity index (χ0) is 15.4. The van der Waals surface area contributed by atoms with Crippen LogP contribution in [0.3, 0.4) is 0 Å². The van der Waals surface area contributed by atoms with Gasteiger partial charge in [-0.3, -0.25) is 9.59 Å². The van der Waals surface area contributed by atoms with Gasteiger partial charge in [0.1, 0.15) is 5.75 Å². The molecule has 2 rings (SSSR count). The first-order valence-corrected chi connectivity index (χ1v) is 7.65. The Morgan fingerprint density at radius 1 is 1.38 bits per heavy atom. The number of amides is 1. The Bertz CT molecular complexity index is 538. The second-order valence-electron chi connectivity index (χ2n) is 5.18. The highest BCUT2D eigenvalue weighted by atomic mass is 79.9. The van der Waals surface area contributed by atoms with Gasteiger partial charge in [0.05, 0.1) is 12.7 Å². The molecule has 0 saturated carbocycles.